The van der Waals surface area contributed by atoms with Crippen LogP contribution >= 0.6 is 8.81 Å². The lowest BCUT2D eigenvalue weighted by Gasteiger charge is -2.08. The number of hydrogen-bond donors (Lipinski definition) is 2. The van der Waals surface area contributed by atoms with Gasteiger partial charge in [0, 0.05) is 21.8 Å². The van der Waals surface area contributed by atoms with Crippen LogP contribution in [0.25, 0.3) is 0 Å². The van der Waals surface area contributed by atoms with Gasteiger partial charge in [-0.25, -0.2) is 0 Å². The molecule has 0 radical (unpaired) electrons. The summed E-state index contributed by atoms with van der Waals surface area (Å²) in [7, 11) is 0.118. The van der Waals surface area contributed by atoms with Crippen molar-refractivity contribution in [1.82, 2.24) is 0 Å². The summed E-state index contributed by atoms with van der Waals surface area (Å²) in [6.45, 7) is 2.85. The van der Waals surface area contributed by atoms with E-state index in [9.17, 15) is 0 Å². The Morgan fingerprint density at radius 3 is 2.82 bits per heavy atom. The molecule has 2 atom stereocenters. The predicted molar refractivity (Wildman–Crippen MR) is 46.9 cm³/mol. The van der Waals surface area contributed by atoms with E-state index in [1.54, 1.807) is 0 Å². The third-order valence-electron chi connectivity index (χ3n) is 1.22. The van der Waals surface area contributed by atoms with Crippen molar-refractivity contribution in [3.05, 3.63) is 0 Å². The van der Waals surface area contributed by atoms with Gasteiger partial charge in [0.1, 0.15) is 0 Å². The first-order valence-electron chi connectivity index (χ1n) is 3.97. The molecule has 0 rings (SSSR count). The van der Waals surface area contributed by atoms with Crippen LogP contribution in [0, 0.1) is 0 Å². The second-order valence-corrected chi connectivity index (χ2v) is 3.54. The molecule has 0 amide bonds. The van der Waals surface area contributed by atoms with E-state index < -0.39 is 5.85 Å². The lowest BCUT2D eigenvalue weighted by Crippen LogP contribution is -2.02. The maximum Gasteiger partial charge on any atom is 0.0973 e. The smallest absolute Gasteiger partial charge is 0.0973 e. The average molecular weight is 180 g/mol. The van der Waals surface area contributed by atoms with Gasteiger partial charge in [0.05, 0.1) is 12.5 Å². The molecule has 0 aliphatic carbocycles. The Hall–Kier alpha value is 0.310. The standard InChI is InChI=1S/C7H17O3P/c1-2-3-6-10-11-7(9)4-5-8/h7-9,11H,2-6H2,1H3. The molecule has 0 aromatic heterocycles. The molecule has 2 unspecified atom stereocenters. The van der Waals surface area contributed by atoms with Crippen LogP contribution in [0.15, 0.2) is 0 Å². The van der Waals surface area contributed by atoms with Gasteiger partial charge in [0.2, 0.25) is 0 Å². The van der Waals surface area contributed by atoms with Gasteiger partial charge in [-0.05, 0) is 6.42 Å². The zero-order valence-electron chi connectivity index (χ0n) is 6.92. The summed E-state index contributed by atoms with van der Waals surface area (Å²) in [6.07, 6.45) is 2.57. The molecule has 0 fully saturated rings. The fourth-order valence-electron chi connectivity index (χ4n) is 0.553. The van der Waals surface area contributed by atoms with E-state index in [-0.39, 0.29) is 15.4 Å². The summed E-state index contributed by atoms with van der Waals surface area (Å²) in [6, 6.07) is 0. The van der Waals surface area contributed by atoms with Gasteiger partial charge >= 0.3 is 0 Å². The normalized spacial score (nSPS) is 14.5. The molecule has 0 aromatic rings. The van der Waals surface area contributed by atoms with Gasteiger partial charge in [0.15, 0.2) is 0 Å². The summed E-state index contributed by atoms with van der Waals surface area (Å²) >= 11 is 0. The Kier molecular flexibility index (Phi) is 8.64. The van der Waals surface area contributed by atoms with Gasteiger partial charge < -0.3 is 14.7 Å². The summed E-state index contributed by atoms with van der Waals surface area (Å²) in [5, 5.41) is 17.5. The van der Waals surface area contributed by atoms with Crippen LogP contribution in [-0.4, -0.2) is 29.3 Å². The van der Waals surface area contributed by atoms with Crippen LogP contribution in [0.1, 0.15) is 26.2 Å². The quantitative estimate of drug-likeness (QED) is 0.455. The fraction of sp³-hybridized carbons (Fsp3) is 1.00. The third-order valence-corrected chi connectivity index (χ3v) is 2.15. The van der Waals surface area contributed by atoms with Crippen molar-refractivity contribution in [2.24, 2.45) is 0 Å². The largest absolute Gasteiger partial charge is 0.396 e. The zero-order chi connectivity index (χ0) is 8.53. The van der Waals surface area contributed by atoms with Crippen LogP contribution in [0.3, 0.4) is 0 Å². The van der Waals surface area contributed by atoms with E-state index in [0.717, 1.165) is 19.4 Å². The number of rotatable bonds is 7. The monoisotopic (exact) mass is 180 g/mol. The first kappa shape index (κ1) is 11.3. The van der Waals surface area contributed by atoms with Crippen molar-refractivity contribution in [1.29, 1.82) is 0 Å². The first-order valence-corrected chi connectivity index (χ1v) is 4.96. The minimum atomic E-state index is -0.475. The van der Waals surface area contributed by atoms with Crippen LogP contribution < -0.4 is 0 Å². The highest BCUT2D eigenvalue weighted by Crippen LogP contribution is 2.20. The van der Waals surface area contributed by atoms with E-state index in [1.165, 1.54) is 0 Å². The Balaban J connectivity index is 2.97. The van der Waals surface area contributed by atoms with Gasteiger partial charge in [0.25, 0.3) is 0 Å². The maximum absolute atomic E-state index is 9.08. The molecule has 0 saturated heterocycles. The maximum atomic E-state index is 9.08. The van der Waals surface area contributed by atoms with E-state index in [1.807, 2.05) is 0 Å². The fourth-order valence-corrected chi connectivity index (χ4v) is 1.25. The van der Waals surface area contributed by atoms with Crippen molar-refractivity contribution in [2.45, 2.75) is 32.0 Å². The molecule has 0 bridgehead atoms. The second-order valence-electron chi connectivity index (χ2n) is 2.35. The minimum Gasteiger partial charge on any atom is -0.396 e. The van der Waals surface area contributed by atoms with Crippen molar-refractivity contribution >= 4 is 8.81 Å². The number of aliphatic hydroxyl groups excluding tert-OH is 2. The molecule has 0 aromatic carbocycles. The van der Waals surface area contributed by atoms with Crippen molar-refractivity contribution in [3.63, 3.8) is 0 Å². The molecule has 0 heterocycles. The molecule has 2 N–H and O–H groups in total. The summed E-state index contributed by atoms with van der Waals surface area (Å²) in [4.78, 5) is 0. The molecule has 3 nitrogen and oxygen atoms in total. The molecule has 0 spiro atoms. The van der Waals surface area contributed by atoms with Crippen LogP contribution in [0.4, 0.5) is 0 Å². The molecular formula is C7H17O3P. The first-order chi connectivity index (χ1) is 5.31. The van der Waals surface area contributed by atoms with Crippen molar-refractivity contribution in [3.8, 4) is 0 Å². The van der Waals surface area contributed by atoms with Gasteiger partial charge in [-0.3, -0.25) is 0 Å². The Morgan fingerprint density at radius 2 is 2.27 bits per heavy atom. The van der Waals surface area contributed by atoms with Gasteiger partial charge in [-0.15, -0.1) is 0 Å². The summed E-state index contributed by atoms with van der Waals surface area (Å²) in [5.74, 6) is -0.475. The van der Waals surface area contributed by atoms with Gasteiger partial charge in [-0.1, -0.05) is 13.3 Å². The highest BCUT2D eigenvalue weighted by molar-refractivity contribution is 7.32. The summed E-state index contributed by atoms with van der Waals surface area (Å²) < 4.78 is 5.16. The lowest BCUT2D eigenvalue weighted by molar-refractivity contribution is 0.184. The minimum absolute atomic E-state index is 0.0330. The van der Waals surface area contributed by atoms with E-state index in [0.29, 0.717) is 6.42 Å². The number of unbranched alkanes of at least 4 members (excludes halogenated alkanes) is 1. The highest BCUT2D eigenvalue weighted by Gasteiger charge is 2.01. The average Bonchev–Trinajstić information content (AvgIpc) is 1.99. The molecule has 0 aliphatic rings. The van der Waals surface area contributed by atoms with Crippen LogP contribution in [0.5, 0.6) is 0 Å². The number of aliphatic hydroxyl groups is 2. The molecular weight excluding hydrogens is 163 g/mol. The van der Waals surface area contributed by atoms with E-state index in [4.69, 9.17) is 14.7 Å². The second kappa shape index (κ2) is 8.41. The SMILES string of the molecule is CCCCOPC(O)CCO. The van der Waals surface area contributed by atoms with Crippen molar-refractivity contribution < 1.29 is 14.7 Å². The van der Waals surface area contributed by atoms with Gasteiger partial charge in [-0.2, -0.15) is 0 Å². The third kappa shape index (κ3) is 8.21. The molecule has 0 saturated carbocycles. The highest BCUT2D eigenvalue weighted by atomic mass is 31.1. The van der Waals surface area contributed by atoms with Crippen LogP contribution in [0.2, 0.25) is 0 Å². The molecule has 4 heteroatoms. The van der Waals surface area contributed by atoms with E-state index >= 15 is 0 Å². The lowest BCUT2D eigenvalue weighted by atomic mass is 10.4. The zero-order valence-corrected chi connectivity index (χ0v) is 7.92. The predicted octanol–water partition coefficient (Wildman–Crippen LogP) is 1.10. The topological polar surface area (TPSA) is 49.7 Å². The molecule has 0 aliphatic heterocycles. The Bertz CT molecular complexity index is 80.1. The summed E-state index contributed by atoms with van der Waals surface area (Å²) in [5.41, 5.74) is 0. The van der Waals surface area contributed by atoms with Crippen molar-refractivity contribution in [2.75, 3.05) is 13.2 Å². The Morgan fingerprint density at radius 1 is 1.55 bits per heavy atom. The Labute approximate surface area is 69.6 Å². The molecule has 11 heavy (non-hydrogen) atoms. The molecule has 68 valence electrons. The van der Waals surface area contributed by atoms with Crippen LogP contribution in [-0.2, 0) is 4.52 Å². The van der Waals surface area contributed by atoms with E-state index in [2.05, 4.69) is 6.92 Å². The number of hydrogen-bond acceptors (Lipinski definition) is 3.